The van der Waals surface area contributed by atoms with Gasteiger partial charge in [-0.3, -0.25) is 9.59 Å². The smallest absolute Gasteiger partial charge is 0.240 e. The number of hydrogen-bond acceptors (Lipinski definition) is 3. The molecular formula is C11H21N3O2. The molecule has 5 N–H and O–H groups in total. The van der Waals surface area contributed by atoms with Crippen LogP contribution in [-0.2, 0) is 9.59 Å². The van der Waals surface area contributed by atoms with E-state index in [4.69, 9.17) is 11.5 Å². The molecule has 5 heteroatoms. The molecule has 0 spiro atoms. The molecule has 2 amide bonds. The quantitative estimate of drug-likeness (QED) is 0.624. The maximum atomic E-state index is 11.8. The van der Waals surface area contributed by atoms with Crippen LogP contribution in [0.2, 0.25) is 0 Å². The first-order valence-electron chi connectivity index (χ1n) is 5.65. The molecule has 0 radical (unpaired) electrons. The first kappa shape index (κ1) is 13.0. The Labute approximate surface area is 95.9 Å². The molecule has 1 aliphatic rings. The summed E-state index contributed by atoms with van der Waals surface area (Å²) in [5, 5.41) is 2.72. The van der Waals surface area contributed by atoms with Crippen molar-refractivity contribution in [3.63, 3.8) is 0 Å². The van der Waals surface area contributed by atoms with Gasteiger partial charge < -0.3 is 16.8 Å². The van der Waals surface area contributed by atoms with Crippen LogP contribution in [0.25, 0.3) is 0 Å². The van der Waals surface area contributed by atoms with E-state index in [1.807, 2.05) is 0 Å². The molecular weight excluding hydrogens is 206 g/mol. The minimum atomic E-state index is -0.742. The van der Waals surface area contributed by atoms with Crippen LogP contribution in [0, 0.1) is 5.41 Å². The van der Waals surface area contributed by atoms with E-state index in [1.165, 1.54) is 0 Å². The fraction of sp³-hybridized carbons (Fsp3) is 0.818. The van der Waals surface area contributed by atoms with Gasteiger partial charge in [0.1, 0.15) is 0 Å². The number of rotatable bonds is 4. The minimum Gasteiger partial charge on any atom is -0.369 e. The van der Waals surface area contributed by atoms with Gasteiger partial charge in [-0.1, -0.05) is 12.8 Å². The van der Waals surface area contributed by atoms with Crippen LogP contribution in [0.4, 0.5) is 0 Å². The van der Waals surface area contributed by atoms with Crippen molar-refractivity contribution in [1.29, 1.82) is 0 Å². The molecule has 0 aliphatic heterocycles. The molecule has 0 heterocycles. The summed E-state index contributed by atoms with van der Waals surface area (Å²) in [6.07, 6.45) is 3.41. The molecule has 5 nitrogen and oxygen atoms in total. The third-order valence-electron chi connectivity index (χ3n) is 3.31. The molecule has 0 aromatic rings. The lowest BCUT2D eigenvalue weighted by Gasteiger charge is -2.26. The molecule has 1 aliphatic carbocycles. The van der Waals surface area contributed by atoms with E-state index in [-0.39, 0.29) is 12.5 Å². The summed E-state index contributed by atoms with van der Waals surface area (Å²) in [6, 6.07) is 0. The molecule has 1 saturated carbocycles. The summed E-state index contributed by atoms with van der Waals surface area (Å²) in [5.74, 6) is -0.593. The number of carbonyl (C=O) groups is 2. The van der Waals surface area contributed by atoms with Gasteiger partial charge in [0.15, 0.2) is 0 Å². The zero-order valence-electron chi connectivity index (χ0n) is 10.0. The first-order valence-corrected chi connectivity index (χ1v) is 5.65. The molecule has 0 aromatic carbocycles. The first-order chi connectivity index (χ1) is 7.28. The Morgan fingerprint density at radius 1 is 1.31 bits per heavy atom. The Morgan fingerprint density at radius 2 is 1.81 bits per heavy atom. The van der Waals surface area contributed by atoms with Gasteiger partial charge in [0.2, 0.25) is 11.8 Å². The van der Waals surface area contributed by atoms with E-state index in [1.54, 1.807) is 13.8 Å². The van der Waals surface area contributed by atoms with Gasteiger partial charge in [-0.05, 0) is 26.7 Å². The average Bonchev–Trinajstić information content (AvgIpc) is 2.62. The van der Waals surface area contributed by atoms with Gasteiger partial charge >= 0.3 is 0 Å². The maximum Gasteiger partial charge on any atom is 0.240 e. The topological polar surface area (TPSA) is 98.2 Å². The lowest BCUT2D eigenvalue weighted by atomic mass is 9.91. The summed E-state index contributed by atoms with van der Waals surface area (Å²) in [7, 11) is 0. The van der Waals surface area contributed by atoms with E-state index in [2.05, 4.69) is 5.32 Å². The fourth-order valence-corrected chi connectivity index (χ4v) is 1.80. The SMILES string of the molecule is CC(C)(CNC(=O)C1(N)CCCC1)C(N)=O. The summed E-state index contributed by atoms with van der Waals surface area (Å²) in [4.78, 5) is 22.9. The molecule has 0 unspecified atom stereocenters. The lowest BCUT2D eigenvalue weighted by Crippen LogP contribution is -2.54. The third-order valence-corrected chi connectivity index (χ3v) is 3.31. The highest BCUT2D eigenvalue weighted by atomic mass is 16.2. The Hall–Kier alpha value is -1.10. The number of carbonyl (C=O) groups excluding carboxylic acids is 2. The number of amides is 2. The average molecular weight is 227 g/mol. The van der Waals surface area contributed by atoms with Crippen LogP contribution in [0.1, 0.15) is 39.5 Å². The van der Waals surface area contributed by atoms with Crippen LogP contribution >= 0.6 is 0 Å². The largest absolute Gasteiger partial charge is 0.369 e. The van der Waals surface area contributed by atoms with Crippen molar-refractivity contribution in [2.75, 3.05) is 6.54 Å². The zero-order valence-corrected chi connectivity index (χ0v) is 10.0. The lowest BCUT2D eigenvalue weighted by molar-refractivity contribution is -0.129. The highest BCUT2D eigenvalue weighted by Crippen LogP contribution is 2.27. The van der Waals surface area contributed by atoms with Crippen LogP contribution in [0.3, 0.4) is 0 Å². The molecule has 0 aromatic heterocycles. The standard InChI is InChI=1S/C11H21N3O2/c1-10(2,8(12)15)7-14-9(16)11(13)5-3-4-6-11/h3-7,13H2,1-2H3,(H2,12,15)(H,14,16). The summed E-state index contributed by atoms with van der Waals surface area (Å²) < 4.78 is 0. The Balaban J connectivity index is 2.50. The monoisotopic (exact) mass is 227 g/mol. The van der Waals surface area contributed by atoms with Gasteiger partial charge in [0.05, 0.1) is 11.0 Å². The maximum absolute atomic E-state index is 11.8. The van der Waals surface area contributed by atoms with Gasteiger partial charge in [0, 0.05) is 6.54 Å². The van der Waals surface area contributed by atoms with Gasteiger partial charge in [-0.25, -0.2) is 0 Å². The van der Waals surface area contributed by atoms with Crippen molar-refractivity contribution in [3.05, 3.63) is 0 Å². The van der Waals surface area contributed by atoms with E-state index in [9.17, 15) is 9.59 Å². The number of primary amides is 1. The van der Waals surface area contributed by atoms with Crippen molar-refractivity contribution in [1.82, 2.24) is 5.32 Å². The Kier molecular flexibility index (Phi) is 3.57. The van der Waals surface area contributed by atoms with Crippen molar-refractivity contribution >= 4 is 11.8 Å². The van der Waals surface area contributed by atoms with Crippen LogP contribution < -0.4 is 16.8 Å². The van der Waals surface area contributed by atoms with E-state index < -0.39 is 16.9 Å². The van der Waals surface area contributed by atoms with Gasteiger partial charge in [0.25, 0.3) is 0 Å². The molecule has 0 saturated heterocycles. The Bertz CT molecular complexity index is 294. The van der Waals surface area contributed by atoms with Crippen LogP contribution in [0.5, 0.6) is 0 Å². The van der Waals surface area contributed by atoms with Crippen LogP contribution in [0.15, 0.2) is 0 Å². The van der Waals surface area contributed by atoms with Crippen molar-refractivity contribution < 1.29 is 9.59 Å². The van der Waals surface area contributed by atoms with E-state index >= 15 is 0 Å². The third kappa shape index (κ3) is 2.72. The predicted molar refractivity (Wildman–Crippen MR) is 61.4 cm³/mol. The van der Waals surface area contributed by atoms with E-state index in [0.29, 0.717) is 0 Å². The fourth-order valence-electron chi connectivity index (χ4n) is 1.80. The molecule has 0 bridgehead atoms. The second-order valence-electron chi connectivity index (χ2n) is 5.29. The van der Waals surface area contributed by atoms with Gasteiger partial charge in [-0.2, -0.15) is 0 Å². The number of nitrogens with one attached hydrogen (secondary N) is 1. The predicted octanol–water partition coefficient (Wildman–Crippen LogP) is -0.114. The summed E-state index contributed by atoms with van der Waals surface area (Å²) in [6.45, 7) is 3.64. The van der Waals surface area contributed by atoms with E-state index in [0.717, 1.165) is 25.7 Å². The molecule has 16 heavy (non-hydrogen) atoms. The van der Waals surface area contributed by atoms with Crippen LogP contribution in [-0.4, -0.2) is 23.9 Å². The van der Waals surface area contributed by atoms with Gasteiger partial charge in [-0.15, -0.1) is 0 Å². The number of hydrogen-bond donors (Lipinski definition) is 3. The minimum absolute atomic E-state index is 0.167. The number of nitrogens with two attached hydrogens (primary N) is 2. The molecule has 1 fully saturated rings. The molecule has 1 rings (SSSR count). The Morgan fingerprint density at radius 3 is 2.25 bits per heavy atom. The highest BCUT2D eigenvalue weighted by Gasteiger charge is 2.38. The summed E-state index contributed by atoms with van der Waals surface area (Å²) >= 11 is 0. The summed E-state index contributed by atoms with van der Waals surface area (Å²) in [5.41, 5.74) is 9.73. The molecule has 0 atom stereocenters. The zero-order chi connectivity index (χ0) is 12.4. The second-order valence-corrected chi connectivity index (χ2v) is 5.29. The normalized spacial score (nSPS) is 19.4. The van der Waals surface area contributed by atoms with Crippen molar-refractivity contribution in [2.45, 2.75) is 45.1 Å². The molecule has 92 valence electrons. The highest BCUT2D eigenvalue weighted by molar-refractivity contribution is 5.87. The second kappa shape index (κ2) is 4.41. The van der Waals surface area contributed by atoms with Crippen molar-refractivity contribution in [2.24, 2.45) is 16.9 Å². The van der Waals surface area contributed by atoms with Crippen molar-refractivity contribution in [3.8, 4) is 0 Å².